The zero-order valence-corrected chi connectivity index (χ0v) is 15.3. The summed E-state index contributed by atoms with van der Waals surface area (Å²) in [6.07, 6.45) is 0. The number of fused-ring (bicyclic) bond motifs is 3. The zero-order valence-electron chi connectivity index (χ0n) is 14.5. The number of rotatable bonds is 5. The van der Waals surface area contributed by atoms with Crippen LogP contribution in [-0.4, -0.2) is 51.7 Å². The van der Waals surface area contributed by atoms with Crippen molar-refractivity contribution in [2.45, 2.75) is 6.92 Å². The van der Waals surface area contributed by atoms with Crippen molar-refractivity contribution in [3.63, 3.8) is 0 Å². The third-order valence-electron chi connectivity index (χ3n) is 4.08. The molecule has 0 unspecified atom stereocenters. The Morgan fingerprint density at radius 2 is 2.08 bits per heavy atom. The number of thiophene rings is 1. The highest BCUT2D eigenvalue weighted by Crippen LogP contribution is 2.29. The summed E-state index contributed by atoms with van der Waals surface area (Å²) in [6, 6.07) is 10.3. The van der Waals surface area contributed by atoms with Crippen molar-refractivity contribution in [2.75, 3.05) is 32.5 Å². The quantitative estimate of drug-likeness (QED) is 0.597. The summed E-state index contributed by atoms with van der Waals surface area (Å²) < 4.78 is 2.03. The van der Waals surface area contributed by atoms with Gasteiger partial charge in [-0.2, -0.15) is 0 Å². The summed E-state index contributed by atoms with van der Waals surface area (Å²) in [6.45, 7) is 3.80. The summed E-state index contributed by atoms with van der Waals surface area (Å²) in [5.41, 5.74) is 2.95. The monoisotopic (exact) mass is 352 g/mol. The van der Waals surface area contributed by atoms with Crippen molar-refractivity contribution in [1.29, 1.82) is 0 Å². The van der Waals surface area contributed by atoms with Crippen LogP contribution in [0.3, 0.4) is 0 Å². The topological polar surface area (TPSA) is 58.4 Å². The van der Waals surface area contributed by atoms with Crippen molar-refractivity contribution in [1.82, 2.24) is 24.5 Å². The Bertz CT molecular complexity index is 1020. The molecule has 0 fully saturated rings. The third-order valence-corrected chi connectivity index (χ3v) is 4.94. The standard InChI is InChI=1S/C18H20N6S/c1-12-6-7-14-13(11-12)16-21-22-17(15-5-4-10-25-15)24(16)18(20-14)19-8-9-23(2)3/h4-7,10-11H,8-9H2,1-3H3,(H,19,20). The minimum Gasteiger partial charge on any atom is -0.354 e. The van der Waals surface area contributed by atoms with E-state index >= 15 is 0 Å². The van der Waals surface area contributed by atoms with Crippen molar-refractivity contribution >= 4 is 33.8 Å². The lowest BCUT2D eigenvalue weighted by molar-refractivity contribution is 0.425. The summed E-state index contributed by atoms with van der Waals surface area (Å²) >= 11 is 1.65. The number of hydrogen-bond donors (Lipinski definition) is 1. The molecule has 0 aliphatic heterocycles. The summed E-state index contributed by atoms with van der Waals surface area (Å²) in [4.78, 5) is 8.06. The molecule has 0 spiro atoms. The van der Waals surface area contributed by atoms with Crippen LogP contribution in [0.4, 0.5) is 5.95 Å². The molecule has 0 amide bonds. The smallest absolute Gasteiger partial charge is 0.211 e. The van der Waals surface area contributed by atoms with E-state index < -0.39 is 0 Å². The van der Waals surface area contributed by atoms with Gasteiger partial charge < -0.3 is 10.2 Å². The lowest BCUT2D eigenvalue weighted by atomic mass is 10.1. The Morgan fingerprint density at radius 1 is 1.20 bits per heavy atom. The van der Waals surface area contributed by atoms with Gasteiger partial charge in [-0.1, -0.05) is 17.7 Å². The van der Waals surface area contributed by atoms with E-state index in [1.165, 1.54) is 5.56 Å². The average Bonchev–Trinajstić information content (AvgIpc) is 3.24. The first-order valence-electron chi connectivity index (χ1n) is 8.21. The Balaban J connectivity index is 1.93. The van der Waals surface area contributed by atoms with E-state index in [0.717, 1.165) is 46.3 Å². The SMILES string of the molecule is Cc1ccc2nc(NCCN(C)C)n3c(-c4cccs4)nnc3c2c1. The number of nitrogens with one attached hydrogen (secondary N) is 1. The predicted molar refractivity (Wildman–Crippen MR) is 103 cm³/mol. The van der Waals surface area contributed by atoms with Crippen LogP contribution >= 0.6 is 11.3 Å². The molecule has 4 rings (SSSR count). The predicted octanol–water partition coefficient (Wildman–Crippen LogP) is 3.29. The highest BCUT2D eigenvalue weighted by atomic mass is 32.1. The summed E-state index contributed by atoms with van der Waals surface area (Å²) in [5.74, 6) is 1.61. The second kappa shape index (κ2) is 6.42. The Morgan fingerprint density at radius 3 is 2.84 bits per heavy atom. The van der Waals surface area contributed by atoms with Crippen LogP contribution in [0.2, 0.25) is 0 Å². The lowest BCUT2D eigenvalue weighted by Crippen LogP contribution is -2.22. The Hall–Kier alpha value is -2.51. The molecule has 6 nitrogen and oxygen atoms in total. The van der Waals surface area contributed by atoms with Crippen LogP contribution in [0.25, 0.3) is 27.3 Å². The van der Waals surface area contributed by atoms with E-state index in [9.17, 15) is 0 Å². The second-order valence-corrected chi connectivity index (χ2v) is 7.29. The van der Waals surface area contributed by atoms with Crippen molar-refractivity contribution in [2.24, 2.45) is 0 Å². The highest BCUT2D eigenvalue weighted by molar-refractivity contribution is 7.13. The Labute approximate surface area is 150 Å². The molecule has 1 N–H and O–H groups in total. The van der Waals surface area contributed by atoms with Crippen LogP contribution in [0.15, 0.2) is 35.7 Å². The second-order valence-electron chi connectivity index (χ2n) is 6.35. The molecule has 3 aromatic heterocycles. The highest BCUT2D eigenvalue weighted by Gasteiger charge is 2.17. The van der Waals surface area contributed by atoms with Crippen molar-refractivity contribution < 1.29 is 0 Å². The van der Waals surface area contributed by atoms with Crippen LogP contribution in [0.1, 0.15) is 5.56 Å². The molecule has 0 atom stereocenters. The van der Waals surface area contributed by atoms with Gasteiger partial charge in [-0.25, -0.2) is 9.38 Å². The van der Waals surface area contributed by atoms with Crippen molar-refractivity contribution in [3.8, 4) is 10.7 Å². The molecule has 0 saturated heterocycles. The molecule has 0 bridgehead atoms. The van der Waals surface area contributed by atoms with Gasteiger partial charge in [-0.05, 0) is 44.6 Å². The van der Waals surface area contributed by atoms with Gasteiger partial charge in [-0.15, -0.1) is 21.5 Å². The fourth-order valence-corrected chi connectivity index (χ4v) is 3.52. The first kappa shape index (κ1) is 16.0. The summed E-state index contributed by atoms with van der Waals surface area (Å²) in [7, 11) is 4.12. The van der Waals surface area contributed by atoms with Crippen LogP contribution in [0.5, 0.6) is 0 Å². The molecule has 0 saturated carbocycles. The number of anilines is 1. The number of nitrogens with zero attached hydrogens (tertiary/aromatic N) is 5. The lowest BCUT2D eigenvalue weighted by Gasteiger charge is -2.13. The van der Waals surface area contributed by atoms with Gasteiger partial charge in [-0.3, -0.25) is 0 Å². The van der Waals surface area contributed by atoms with Crippen molar-refractivity contribution in [3.05, 3.63) is 41.3 Å². The molecule has 0 aliphatic carbocycles. The minimum absolute atomic E-state index is 0.779. The molecule has 4 aromatic rings. The van der Waals surface area contributed by atoms with E-state index in [4.69, 9.17) is 4.98 Å². The van der Waals surface area contributed by atoms with Crippen LogP contribution in [0, 0.1) is 6.92 Å². The minimum atomic E-state index is 0.779. The maximum Gasteiger partial charge on any atom is 0.211 e. The largest absolute Gasteiger partial charge is 0.354 e. The molecule has 25 heavy (non-hydrogen) atoms. The molecule has 0 radical (unpaired) electrons. The fraction of sp³-hybridized carbons (Fsp3) is 0.278. The number of aromatic nitrogens is 4. The average molecular weight is 352 g/mol. The maximum absolute atomic E-state index is 4.84. The van der Waals surface area contributed by atoms with E-state index in [1.54, 1.807) is 11.3 Å². The molecule has 7 heteroatoms. The molecule has 3 heterocycles. The molecule has 128 valence electrons. The van der Waals surface area contributed by atoms with Crippen LogP contribution in [-0.2, 0) is 0 Å². The molecular formula is C18H20N6S. The first-order chi connectivity index (χ1) is 12.1. The number of likely N-dealkylation sites (N-methyl/N-ethyl adjacent to an activating group) is 1. The molecule has 0 aliphatic rings. The summed E-state index contributed by atoms with van der Waals surface area (Å²) in [5, 5.41) is 15.5. The number of aryl methyl sites for hydroxylation is 1. The van der Waals surface area contributed by atoms with Crippen LogP contribution < -0.4 is 5.32 Å². The third kappa shape index (κ3) is 2.96. The van der Waals surface area contributed by atoms with Gasteiger partial charge in [0, 0.05) is 18.5 Å². The van der Waals surface area contributed by atoms with Gasteiger partial charge >= 0.3 is 0 Å². The van der Waals surface area contributed by atoms with Gasteiger partial charge in [0.25, 0.3) is 0 Å². The Kier molecular flexibility index (Phi) is 4.10. The molecule has 1 aromatic carbocycles. The fourth-order valence-electron chi connectivity index (χ4n) is 2.83. The maximum atomic E-state index is 4.84. The normalized spacial score (nSPS) is 11.7. The van der Waals surface area contributed by atoms with Gasteiger partial charge in [0.2, 0.25) is 5.95 Å². The number of benzene rings is 1. The van der Waals surface area contributed by atoms with Gasteiger partial charge in [0.05, 0.1) is 10.4 Å². The molecular weight excluding hydrogens is 332 g/mol. The van der Waals surface area contributed by atoms with E-state index in [-0.39, 0.29) is 0 Å². The van der Waals surface area contributed by atoms with Gasteiger partial charge in [0.15, 0.2) is 11.5 Å². The van der Waals surface area contributed by atoms with Gasteiger partial charge in [0.1, 0.15) is 0 Å². The van der Waals surface area contributed by atoms with E-state index in [0.29, 0.717) is 0 Å². The number of hydrogen-bond acceptors (Lipinski definition) is 6. The van der Waals surface area contributed by atoms with E-state index in [2.05, 4.69) is 59.6 Å². The van der Waals surface area contributed by atoms with E-state index in [1.807, 2.05) is 21.9 Å². The zero-order chi connectivity index (χ0) is 17.4. The first-order valence-corrected chi connectivity index (χ1v) is 9.09.